The second-order valence-electron chi connectivity index (χ2n) is 6.69. The van der Waals surface area contributed by atoms with Crippen LogP contribution in [0.4, 0.5) is 11.4 Å². The molecular weight excluding hydrogens is 436 g/mol. The predicted molar refractivity (Wildman–Crippen MR) is 120 cm³/mol. The van der Waals surface area contributed by atoms with Gasteiger partial charge in [-0.2, -0.15) is 0 Å². The van der Waals surface area contributed by atoms with Crippen LogP contribution in [0.15, 0.2) is 72.8 Å². The molecule has 0 saturated heterocycles. The van der Waals surface area contributed by atoms with Crippen LogP contribution in [-0.2, 0) is 14.3 Å². The lowest BCUT2D eigenvalue weighted by Crippen LogP contribution is -2.31. The second kappa shape index (κ2) is 10.4. The number of anilines is 1. The van der Waals surface area contributed by atoms with Crippen molar-refractivity contribution in [3.8, 4) is 16.9 Å². The molecular formula is C23H19ClN2O6. The molecule has 1 unspecified atom stereocenters. The zero-order chi connectivity index (χ0) is 23.1. The fourth-order valence-corrected chi connectivity index (χ4v) is 3.05. The number of amides is 1. The molecule has 0 heterocycles. The number of ether oxygens (including phenoxy) is 2. The fraction of sp³-hybridized carbons (Fsp3) is 0.130. The van der Waals surface area contributed by atoms with Gasteiger partial charge >= 0.3 is 5.97 Å². The zero-order valence-electron chi connectivity index (χ0n) is 17.0. The highest BCUT2D eigenvalue weighted by Crippen LogP contribution is 2.29. The van der Waals surface area contributed by atoms with Gasteiger partial charge < -0.3 is 14.8 Å². The topological polar surface area (TPSA) is 108 Å². The molecule has 0 spiro atoms. The number of benzene rings is 3. The Morgan fingerprint density at radius 2 is 1.75 bits per heavy atom. The van der Waals surface area contributed by atoms with Gasteiger partial charge in [-0.05, 0) is 24.6 Å². The maximum absolute atomic E-state index is 12.3. The highest BCUT2D eigenvalue weighted by atomic mass is 35.5. The Hall–Kier alpha value is -3.91. The van der Waals surface area contributed by atoms with Gasteiger partial charge in [0.15, 0.2) is 12.7 Å². The largest absolute Gasteiger partial charge is 0.481 e. The van der Waals surface area contributed by atoms with Crippen molar-refractivity contribution in [2.24, 2.45) is 0 Å². The third-order valence-electron chi connectivity index (χ3n) is 4.42. The smallest absolute Gasteiger partial charge is 0.344 e. The molecule has 8 nitrogen and oxygen atoms in total. The molecule has 0 saturated carbocycles. The standard InChI is InChI=1S/C23H19ClN2O6/c1-15(23(28)25-20-12-11-17(26(29)30)13-19(20)24)32-22(27)14-31-21-10-6-5-9-18(21)16-7-3-2-4-8-16/h2-13,15H,14H2,1H3,(H,25,28). The number of nitro groups is 1. The van der Waals surface area contributed by atoms with Gasteiger partial charge in [-0.1, -0.05) is 60.1 Å². The Morgan fingerprint density at radius 1 is 1.06 bits per heavy atom. The van der Waals surface area contributed by atoms with Crippen LogP contribution in [0.3, 0.4) is 0 Å². The van der Waals surface area contributed by atoms with E-state index in [4.69, 9.17) is 21.1 Å². The normalized spacial score (nSPS) is 11.3. The van der Waals surface area contributed by atoms with Crippen molar-refractivity contribution in [1.29, 1.82) is 0 Å². The third-order valence-corrected chi connectivity index (χ3v) is 4.73. The first kappa shape index (κ1) is 22.8. The van der Waals surface area contributed by atoms with E-state index in [1.54, 1.807) is 12.1 Å². The molecule has 1 amide bonds. The highest BCUT2D eigenvalue weighted by Gasteiger charge is 2.20. The number of hydrogen-bond acceptors (Lipinski definition) is 6. The first-order valence-corrected chi connectivity index (χ1v) is 9.94. The number of carbonyl (C=O) groups is 2. The van der Waals surface area contributed by atoms with E-state index >= 15 is 0 Å². The summed E-state index contributed by atoms with van der Waals surface area (Å²) in [6, 6.07) is 20.4. The SMILES string of the molecule is CC(OC(=O)COc1ccccc1-c1ccccc1)C(=O)Nc1ccc([N+](=O)[O-])cc1Cl. The summed E-state index contributed by atoms with van der Waals surface area (Å²) in [4.78, 5) is 34.7. The van der Waals surface area contributed by atoms with E-state index < -0.39 is 22.9 Å². The molecule has 3 aromatic carbocycles. The van der Waals surface area contributed by atoms with Crippen molar-refractivity contribution >= 4 is 34.9 Å². The number of halogens is 1. The minimum Gasteiger partial charge on any atom is -0.481 e. The summed E-state index contributed by atoms with van der Waals surface area (Å²) in [6.07, 6.45) is -1.14. The van der Waals surface area contributed by atoms with E-state index in [0.717, 1.165) is 17.2 Å². The number of nitro benzene ring substituents is 1. The van der Waals surface area contributed by atoms with Crippen LogP contribution < -0.4 is 10.1 Å². The molecule has 32 heavy (non-hydrogen) atoms. The van der Waals surface area contributed by atoms with Gasteiger partial charge in [0.2, 0.25) is 0 Å². The van der Waals surface area contributed by atoms with Gasteiger partial charge in [-0.15, -0.1) is 0 Å². The van der Waals surface area contributed by atoms with Crippen LogP contribution >= 0.6 is 11.6 Å². The van der Waals surface area contributed by atoms with Crippen LogP contribution in [0, 0.1) is 10.1 Å². The number of esters is 1. The summed E-state index contributed by atoms with van der Waals surface area (Å²) in [5, 5.41) is 13.2. The molecule has 9 heteroatoms. The first-order valence-electron chi connectivity index (χ1n) is 9.56. The Labute approximate surface area is 188 Å². The number of nitrogens with one attached hydrogen (secondary N) is 1. The van der Waals surface area contributed by atoms with Gasteiger partial charge in [0.05, 0.1) is 15.6 Å². The summed E-state index contributed by atoms with van der Waals surface area (Å²) in [6.45, 7) is 1.00. The molecule has 3 rings (SSSR count). The Bertz CT molecular complexity index is 1140. The van der Waals surface area contributed by atoms with E-state index in [1.165, 1.54) is 19.1 Å². The van der Waals surface area contributed by atoms with Crippen LogP contribution in [0.5, 0.6) is 5.75 Å². The van der Waals surface area contributed by atoms with Gasteiger partial charge in [-0.25, -0.2) is 4.79 Å². The molecule has 1 atom stereocenters. The summed E-state index contributed by atoms with van der Waals surface area (Å²) < 4.78 is 10.7. The lowest BCUT2D eigenvalue weighted by molar-refractivity contribution is -0.384. The van der Waals surface area contributed by atoms with Crippen molar-refractivity contribution in [1.82, 2.24) is 0 Å². The van der Waals surface area contributed by atoms with Crippen molar-refractivity contribution in [2.45, 2.75) is 13.0 Å². The summed E-state index contributed by atoms with van der Waals surface area (Å²) in [7, 11) is 0. The highest BCUT2D eigenvalue weighted by molar-refractivity contribution is 6.34. The maximum atomic E-state index is 12.3. The summed E-state index contributed by atoms with van der Waals surface area (Å²) in [5.41, 5.74) is 1.71. The number of rotatable bonds is 8. The molecule has 0 bridgehead atoms. The van der Waals surface area contributed by atoms with Crippen LogP contribution in [-0.4, -0.2) is 29.5 Å². The van der Waals surface area contributed by atoms with Crippen molar-refractivity contribution in [3.63, 3.8) is 0 Å². The Kier molecular flexibility index (Phi) is 7.41. The van der Waals surface area contributed by atoms with Gasteiger partial charge in [0.1, 0.15) is 5.75 Å². The molecule has 1 N–H and O–H groups in total. The van der Waals surface area contributed by atoms with E-state index in [0.29, 0.717) is 5.75 Å². The second-order valence-corrected chi connectivity index (χ2v) is 7.10. The van der Waals surface area contributed by atoms with E-state index in [2.05, 4.69) is 5.32 Å². The molecule has 0 aliphatic rings. The predicted octanol–water partition coefficient (Wildman–Crippen LogP) is 4.86. The monoisotopic (exact) mass is 454 g/mol. The molecule has 0 radical (unpaired) electrons. The Balaban J connectivity index is 1.57. The molecule has 0 aliphatic carbocycles. The van der Waals surface area contributed by atoms with E-state index in [-0.39, 0.29) is 23.0 Å². The quantitative estimate of drug-likeness (QED) is 0.295. The minimum absolute atomic E-state index is 0.00747. The van der Waals surface area contributed by atoms with Gasteiger partial charge in [-0.3, -0.25) is 14.9 Å². The molecule has 0 fully saturated rings. The average molecular weight is 455 g/mol. The number of non-ortho nitro benzene ring substituents is 1. The van der Waals surface area contributed by atoms with Crippen LogP contribution in [0.1, 0.15) is 6.92 Å². The van der Waals surface area contributed by atoms with E-state index in [9.17, 15) is 19.7 Å². The maximum Gasteiger partial charge on any atom is 0.344 e. The van der Waals surface area contributed by atoms with Crippen molar-refractivity contribution in [2.75, 3.05) is 11.9 Å². The van der Waals surface area contributed by atoms with Gasteiger partial charge in [0, 0.05) is 17.7 Å². The number of nitrogens with zero attached hydrogens (tertiary/aromatic N) is 1. The molecule has 0 aliphatic heterocycles. The van der Waals surface area contributed by atoms with Crippen molar-refractivity contribution < 1.29 is 24.0 Å². The average Bonchev–Trinajstić information content (AvgIpc) is 2.79. The summed E-state index contributed by atoms with van der Waals surface area (Å²) >= 11 is 5.96. The van der Waals surface area contributed by atoms with E-state index in [1.807, 2.05) is 42.5 Å². The molecule has 164 valence electrons. The van der Waals surface area contributed by atoms with Crippen LogP contribution in [0.2, 0.25) is 5.02 Å². The lowest BCUT2D eigenvalue weighted by Gasteiger charge is -2.15. The lowest BCUT2D eigenvalue weighted by atomic mass is 10.1. The molecule has 0 aromatic heterocycles. The van der Waals surface area contributed by atoms with Crippen molar-refractivity contribution in [3.05, 3.63) is 87.9 Å². The first-order chi connectivity index (χ1) is 15.3. The zero-order valence-corrected chi connectivity index (χ0v) is 17.7. The minimum atomic E-state index is -1.14. The van der Waals surface area contributed by atoms with Gasteiger partial charge in [0.25, 0.3) is 11.6 Å². The van der Waals surface area contributed by atoms with Crippen LogP contribution in [0.25, 0.3) is 11.1 Å². The number of hydrogen-bond donors (Lipinski definition) is 1. The molecule has 3 aromatic rings. The fourth-order valence-electron chi connectivity index (χ4n) is 2.82. The third kappa shape index (κ3) is 5.83. The number of para-hydroxylation sites is 1. The summed E-state index contributed by atoms with van der Waals surface area (Å²) in [5.74, 6) is -0.866. The Morgan fingerprint density at radius 3 is 2.44 bits per heavy atom. The number of carbonyl (C=O) groups excluding carboxylic acids is 2.